The second-order valence-corrected chi connectivity index (χ2v) is 6.26. The van der Waals surface area contributed by atoms with E-state index in [1.807, 2.05) is 0 Å². The number of aromatic nitrogens is 2. The zero-order valence-electron chi connectivity index (χ0n) is 12.8. The predicted octanol–water partition coefficient (Wildman–Crippen LogP) is 4.00. The quantitative estimate of drug-likeness (QED) is 0.837. The molecule has 0 amide bonds. The van der Waals surface area contributed by atoms with E-state index in [1.165, 1.54) is 5.39 Å². The van der Waals surface area contributed by atoms with Gasteiger partial charge in [0.2, 0.25) is 5.95 Å². The van der Waals surface area contributed by atoms with Crippen molar-refractivity contribution in [2.45, 2.75) is 34.1 Å². The number of fused-ring (bicyclic) bond motifs is 1. The minimum atomic E-state index is 0.616. The predicted molar refractivity (Wildman–Crippen MR) is 88.9 cm³/mol. The van der Waals surface area contributed by atoms with E-state index in [9.17, 15) is 0 Å². The molecule has 0 radical (unpaired) electrons. The average Bonchev–Trinajstić information content (AvgIpc) is 2.89. The molecule has 2 aromatic rings. The summed E-state index contributed by atoms with van der Waals surface area (Å²) in [5.41, 5.74) is 0. The SMILES string of the molecule is CCCNc1nc(N(CC)CC(C)C)c2ccsc2n1. The molecule has 0 atom stereocenters. The van der Waals surface area contributed by atoms with Crippen molar-refractivity contribution in [3.8, 4) is 0 Å². The number of anilines is 2. The summed E-state index contributed by atoms with van der Waals surface area (Å²) in [6.07, 6.45) is 1.07. The van der Waals surface area contributed by atoms with Crippen molar-refractivity contribution in [2.24, 2.45) is 5.92 Å². The average molecular weight is 292 g/mol. The summed E-state index contributed by atoms with van der Waals surface area (Å²) in [7, 11) is 0. The number of nitrogens with one attached hydrogen (secondary N) is 1. The number of hydrogen-bond donors (Lipinski definition) is 1. The largest absolute Gasteiger partial charge is 0.356 e. The fraction of sp³-hybridized carbons (Fsp3) is 0.600. The summed E-state index contributed by atoms with van der Waals surface area (Å²) < 4.78 is 0. The maximum absolute atomic E-state index is 4.75. The highest BCUT2D eigenvalue weighted by molar-refractivity contribution is 7.16. The Balaban J connectivity index is 2.40. The number of nitrogens with zero attached hydrogens (tertiary/aromatic N) is 3. The Morgan fingerprint density at radius 3 is 2.75 bits per heavy atom. The van der Waals surface area contributed by atoms with Crippen molar-refractivity contribution >= 4 is 33.3 Å². The van der Waals surface area contributed by atoms with Gasteiger partial charge in [0, 0.05) is 19.6 Å². The normalized spacial score (nSPS) is 11.2. The van der Waals surface area contributed by atoms with E-state index < -0.39 is 0 Å². The Labute approximate surface area is 125 Å². The number of thiophene rings is 1. The summed E-state index contributed by atoms with van der Waals surface area (Å²) in [5, 5.41) is 6.57. The molecule has 0 saturated carbocycles. The van der Waals surface area contributed by atoms with Crippen molar-refractivity contribution < 1.29 is 0 Å². The molecule has 2 heterocycles. The van der Waals surface area contributed by atoms with Gasteiger partial charge in [0.1, 0.15) is 10.6 Å². The Kier molecular flexibility index (Phi) is 5.17. The van der Waals surface area contributed by atoms with Crippen LogP contribution in [0.2, 0.25) is 0 Å². The maximum atomic E-state index is 4.75. The Morgan fingerprint density at radius 1 is 1.30 bits per heavy atom. The molecule has 20 heavy (non-hydrogen) atoms. The first-order valence-electron chi connectivity index (χ1n) is 7.39. The minimum Gasteiger partial charge on any atom is -0.356 e. The van der Waals surface area contributed by atoms with Crippen molar-refractivity contribution in [1.29, 1.82) is 0 Å². The van der Waals surface area contributed by atoms with Gasteiger partial charge in [-0.25, -0.2) is 4.98 Å². The molecule has 0 aliphatic rings. The summed E-state index contributed by atoms with van der Waals surface area (Å²) in [4.78, 5) is 12.8. The van der Waals surface area contributed by atoms with Gasteiger partial charge in [-0.1, -0.05) is 20.8 Å². The van der Waals surface area contributed by atoms with Crippen LogP contribution in [-0.2, 0) is 0 Å². The van der Waals surface area contributed by atoms with Gasteiger partial charge in [-0.15, -0.1) is 11.3 Å². The lowest BCUT2D eigenvalue weighted by Gasteiger charge is -2.25. The summed E-state index contributed by atoms with van der Waals surface area (Å²) in [6, 6.07) is 2.13. The van der Waals surface area contributed by atoms with Crippen molar-refractivity contribution in [3.63, 3.8) is 0 Å². The van der Waals surface area contributed by atoms with Crippen molar-refractivity contribution in [1.82, 2.24) is 9.97 Å². The molecule has 0 bridgehead atoms. The lowest BCUT2D eigenvalue weighted by Crippen LogP contribution is -2.28. The molecule has 110 valence electrons. The molecule has 0 aromatic carbocycles. The molecule has 5 heteroatoms. The first-order valence-corrected chi connectivity index (χ1v) is 8.27. The summed E-state index contributed by atoms with van der Waals surface area (Å²) in [6.45, 7) is 11.7. The fourth-order valence-corrected chi connectivity index (χ4v) is 2.96. The third-order valence-corrected chi connectivity index (χ3v) is 3.91. The molecule has 0 aliphatic heterocycles. The van der Waals surface area contributed by atoms with Crippen molar-refractivity contribution in [2.75, 3.05) is 29.9 Å². The van der Waals surface area contributed by atoms with Crippen LogP contribution < -0.4 is 10.2 Å². The Hall–Kier alpha value is -1.36. The van der Waals surface area contributed by atoms with E-state index in [-0.39, 0.29) is 0 Å². The molecule has 0 aliphatic carbocycles. The van der Waals surface area contributed by atoms with Gasteiger partial charge < -0.3 is 10.2 Å². The Bertz CT molecular complexity index is 550. The van der Waals surface area contributed by atoms with Crippen molar-refractivity contribution in [3.05, 3.63) is 11.4 Å². The molecule has 0 fully saturated rings. The lowest BCUT2D eigenvalue weighted by molar-refractivity contribution is 0.615. The molecule has 2 aromatic heterocycles. The zero-order valence-corrected chi connectivity index (χ0v) is 13.6. The summed E-state index contributed by atoms with van der Waals surface area (Å²) in [5.74, 6) is 2.43. The molecular formula is C15H24N4S. The third kappa shape index (κ3) is 3.39. The van der Waals surface area contributed by atoms with Gasteiger partial charge in [0.05, 0.1) is 5.39 Å². The van der Waals surface area contributed by atoms with Gasteiger partial charge >= 0.3 is 0 Å². The van der Waals surface area contributed by atoms with Crippen LogP contribution >= 0.6 is 11.3 Å². The van der Waals surface area contributed by atoms with Crippen LogP contribution in [0.5, 0.6) is 0 Å². The molecule has 0 spiro atoms. The highest BCUT2D eigenvalue weighted by Gasteiger charge is 2.15. The van der Waals surface area contributed by atoms with Crippen LogP contribution in [-0.4, -0.2) is 29.6 Å². The van der Waals surface area contributed by atoms with E-state index in [4.69, 9.17) is 4.98 Å². The molecule has 0 unspecified atom stereocenters. The van der Waals surface area contributed by atoms with Crippen LogP contribution in [0.1, 0.15) is 34.1 Å². The molecule has 4 nitrogen and oxygen atoms in total. The standard InChI is InChI=1S/C15H24N4S/c1-5-8-16-15-17-13(19(6-2)10-11(3)4)12-7-9-20-14(12)18-15/h7,9,11H,5-6,8,10H2,1-4H3,(H,16,17,18). The van der Waals surface area contributed by atoms with Crippen LogP contribution in [0, 0.1) is 5.92 Å². The first-order chi connectivity index (χ1) is 9.65. The maximum Gasteiger partial charge on any atom is 0.226 e. The Morgan fingerprint density at radius 2 is 2.10 bits per heavy atom. The summed E-state index contributed by atoms with van der Waals surface area (Å²) >= 11 is 1.68. The molecule has 0 saturated heterocycles. The van der Waals surface area contributed by atoms with Crippen LogP contribution in [0.15, 0.2) is 11.4 Å². The fourth-order valence-electron chi connectivity index (χ4n) is 2.20. The van der Waals surface area contributed by atoms with Gasteiger partial charge in [-0.05, 0) is 30.7 Å². The first kappa shape index (κ1) is 15.0. The monoisotopic (exact) mass is 292 g/mol. The lowest BCUT2D eigenvalue weighted by atomic mass is 10.2. The van der Waals surface area contributed by atoms with E-state index in [2.05, 4.69) is 54.3 Å². The number of hydrogen-bond acceptors (Lipinski definition) is 5. The van der Waals surface area contributed by atoms with Crippen LogP contribution in [0.4, 0.5) is 11.8 Å². The molecular weight excluding hydrogens is 268 g/mol. The van der Waals surface area contributed by atoms with Gasteiger partial charge in [0.15, 0.2) is 0 Å². The second kappa shape index (κ2) is 6.88. The zero-order chi connectivity index (χ0) is 14.5. The van der Waals surface area contributed by atoms with Gasteiger partial charge in [-0.3, -0.25) is 0 Å². The molecule has 1 N–H and O–H groups in total. The third-order valence-electron chi connectivity index (χ3n) is 3.10. The van der Waals surface area contributed by atoms with E-state index in [1.54, 1.807) is 11.3 Å². The topological polar surface area (TPSA) is 41.1 Å². The van der Waals surface area contributed by atoms with Crippen LogP contribution in [0.25, 0.3) is 10.2 Å². The second-order valence-electron chi connectivity index (χ2n) is 5.37. The molecule has 2 rings (SSSR count). The van der Waals surface area contributed by atoms with Crippen LogP contribution in [0.3, 0.4) is 0 Å². The van der Waals surface area contributed by atoms with Gasteiger partial charge in [0.25, 0.3) is 0 Å². The smallest absolute Gasteiger partial charge is 0.226 e. The van der Waals surface area contributed by atoms with E-state index in [0.717, 1.165) is 42.7 Å². The van der Waals surface area contributed by atoms with E-state index >= 15 is 0 Å². The highest BCUT2D eigenvalue weighted by Crippen LogP contribution is 2.29. The van der Waals surface area contributed by atoms with Gasteiger partial charge in [-0.2, -0.15) is 4.98 Å². The van der Waals surface area contributed by atoms with E-state index in [0.29, 0.717) is 5.92 Å². The minimum absolute atomic E-state index is 0.616. The highest BCUT2D eigenvalue weighted by atomic mass is 32.1. The number of rotatable bonds is 7.